The summed E-state index contributed by atoms with van der Waals surface area (Å²) in [5.74, 6) is 0.743. The minimum absolute atomic E-state index is 0.193. The standard InChI is InChI=1S/C20H19N5O2/c1-20(2)18(26)17(15-10-13(11-21)8-9-16(15)27-20)25-19(23-12-22)24-14-6-4-3-5-7-14/h3-10,17-18,26H,1-2H3,(H2,23,24,25)/t17-,18-/m0/s1. The highest BCUT2D eigenvalue weighted by Crippen LogP contribution is 2.42. The molecule has 0 unspecified atom stereocenters. The van der Waals surface area contributed by atoms with E-state index in [1.807, 2.05) is 36.5 Å². The maximum Gasteiger partial charge on any atom is 0.209 e. The van der Waals surface area contributed by atoms with Gasteiger partial charge < -0.3 is 15.2 Å². The predicted molar refractivity (Wildman–Crippen MR) is 101 cm³/mol. The summed E-state index contributed by atoms with van der Waals surface area (Å²) >= 11 is 0. The summed E-state index contributed by atoms with van der Waals surface area (Å²) in [5.41, 5.74) is 0.883. The zero-order chi connectivity index (χ0) is 19.4. The fourth-order valence-electron chi connectivity index (χ4n) is 2.92. The number of aliphatic hydroxyl groups is 1. The van der Waals surface area contributed by atoms with Gasteiger partial charge in [-0.05, 0) is 44.2 Å². The number of para-hydroxylation sites is 1. The van der Waals surface area contributed by atoms with Crippen LogP contribution in [0.15, 0.2) is 53.5 Å². The maximum atomic E-state index is 10.8. The van der Waals surface area contributed by atoms with E-state index in [4.69, 9.17) is 10.00 Å². The van der Waals surface area contributed by atoms with Gasteiger partial charge in [-0.25, -0.2) is 4.99 Å². The molecule has 27 heavy (non-hydrogen) atoms. The van der Waals surface area contributed by atoms with Crippen LogP contribution in [0.5, 0.6) is 5.75 Å². The number of aliphatic imine (C=N–C) groups is 1. The fraction of sp³-hybridized carbons (Fsp3) is 0.250. The summed E-state index contributed by atoms with van der Waals surface area (Å²) in [4.78, 5) is 4.55. The molecule has 3 N–H and O–H groups in total. The molecular weight excluding hydrogens is 342 g/mol. The van der Waals surface area contributed by atoms with Crippen molar-refractivity contribution in [1.29, 1.82) is 10.5 Å². The van der Waals surface area contributed by atoms with Crippen LogP contribution in [0.3, 0.4) is 0 Å². The normalized spacial score (nSPS) is 20.4. The van der Waals surface area contributed by atoms with Crippen LogP contribution in [0.4, 0.5) is 5.69 Å². The molecule has 0 spiro atoms. The van der Waals surface area contributed by atoms with Crippen LogP contribution < -0.4 is 15.4 Å². The van der Waals surface area contributed by atoms with Crippen molar-refractivity contribution in [2.75, 3.05) is 5.32 Å². The molecule has 1 aliphatic heterocycles. The van der Waals surface area contributed by atoms with Crippen molar-refractivity contribution in [3.8, 4) is 18.0 Å². The van der Waals surface area contributed by atoms with E-state index in [1.165, 1.54) is 0 Å². The first-order valence-electron chi connectivity index (χ1n) is 8.40. The molecule has 2 aromatic carbocycles. The highest BCUT2D eigenvalue weighted by molar-refractivity contribution is 5.94. The molecule has 0 radical (unpaired) electrons. The van der Waals surface area contributed by atoms with Gasteiger partial charge in [0.25, 0.3) is 0 Å². The van der Waals surface area contributed by atoms with Gasteiger partial charge in [0.2, 0.25) is 5.96 Å². The van der Waals surface area contributed by atoms with E-state index in [1.54, 1.807) is 32.0 Å². The number of guanidine groups is 1. The highest BCUT2D eigenvalue weighted by atomic mass is 16.5. The fourth-order valence-corrected chi connectivity index (χ4v) is 2.92. The lowest BCUT2D eigenvalue weighted by Crippen LogP contribution is -2.49. The zero-order valence-electron chi connectivity index (χ0n) is 15.0. The minimum Gasteiger partial charge on any atom is -0.485 e. The summed E-state index contributed by atoms with van der Waals surface area (Å²) in [7, 11) is 0. The molecule has 136 valence electrons. The lowest BCUT2D eigenvalue weighted by molar-refractivity contribution is -0.0567. The van der Waals surface area contributed by atoms with E-state index in [0.717, 1.165) is 5.69 Å². The second kappa shape index (κ2) is 7.36. The van der Waals surface area contributed by atoms with Gasteiger partial charge in [-0.3, -0.25) is 5.32 Å². The van der Waals surface area contributed by atoms with Gasteiger partial charge in [0.05, 0.1) is 11.6 Å². The molecule has 0 aromatic heterocycles. The Bertz CT molecular complexity index is 941. The molecule has 2 aromatic rings. The first-order valence-corrected chi connectivity index (χ1v) is 8.40. The molecule has 0 fully saturated rings. The van der Waals surface area contributed by atoms with E-state index >= 15 is 0 Å². The Kier molecular flexibility index (Phi) is 4.98. The molecule has 3 rings (SSSR count). The Morgan fingerprint density at radius 3 is 2.59 bits per heavy atom. The zero-order valence-corrected chi connectivity index (χ0v) is 15.0. The number of ether oxygens (including phenoxy) is 1. The molecular formula is C20H19N5O2. The first kappa shape index (κ1) is 18.2. The quantitative estimate of drug-likeness (QED) is 0.328. The molecule has 0 saturated heterocycles. The number of nitrogens with one attached hydrogen (secondary N) is 2. The molecule has 0 amide bonds. The van der Waals surface area contributed by atoms with Crippen LogP contribution in [0.25, 0.3) is 0 Å². The third kappa shape index (κ3) is 3.84. The summed E-state index contributed by atoms with van der Waals surface area (Å²) in [5, 5.41) is 34.7. The van der Waals surface area contributed by atoms with Crippen LogP contribution in [-0.2, 0) is 0 Å². The van der Waals surface area contributed by atoms with Gasteiger partial charge in [-0.15, -0.1) is 0 Å². The van der Waals surface area contributed by atoms with E-state index in [9.17, 15) is 10.4 Å². The van der Waals surface area contributed by atoms with E-state index < -0.39 is 17.7 Å². The Morgan fingerprint density at radius 1 is 1.19 bits per heavy atom. The van der Waals surface area contributed by atoms with E-state index in [2.05, 4.69) is 21.7 Å². The van der Waals surface area contributed by atoms with Crippen molar-refractivity contribution in [2.24, 2.45) is 4.99 Å². The van der Waals surface area contributed by atoms with Crippen molar-refractivity contribution in [1.82, 2.24) is 5.32 Å². The van der Waals surface area contributed by atoms with Crippen molar-refractivity contribution in [3.05, 3.63) is 59.7 Å². The molecule has 7 heteroatoms. The Labute approximate surface area is 157 Å². The predicted octanol–water partition coefficient (Wildman–Crippen LogP) is 2.67. The van der Waals surface area contributed by atoms with Gasteiger partial charge in [0, 0.05) is 11.3 Å². The number of anilines is 1. The van der Waals surface area contributed by atoms with Crippen LogP contribution in [0.2, 0.25) is 0 Å². The van der Waals surface area contributed by atoms with Crippen molar-refractivity contribution < 1.29 is 9.84 Å². The number of nitriles is 2. The van der Waals surface area contributed by atoms with Crippen LogP contribution in [0, 0.1) is 22.8 Å². The average molecular weight is 361 g/mol. The van der Waals surface area contributed by atoms with Crippen molar-refractivity contribution in [2.45, 2.75) is 31.6 Å². The lowest BCUT2D eigenvalue weighted by Gasteiger charge is -2.40. The third-order valence-electron chi connectivity index (χ3n) is 4.32. The molecule has 0 saturated carbocycles. The van der Waals surface area contributed by atoms with E-state index in [-0.39, 0.29) is 5.96 Å². The summed E-state index contributed by atoms with van der Waals surface area (Å²) < 4.78 is 5.89. The maximum absolute atomic E-state index is 10.8. The average Bonchev–Trinajstić information content (AvgIpc) is 2.66. The number of nitrogens with zero attached hydrogens (tertiary/aromatic N) is 3. The third-order valence-corrected chi connectivity index (χ3v) is 4.32. The van der Waals surface area contributed by atoms with Crippen LogP contribution in [-0.4, -0.2) is 22.8 Å². The molecule has 1 aliphatic rings. The largest absolute Gasteiger partial charge is 0.485 e. The van der Waals surface area contributed by atoms with Gasteiger partial charge in [-0.2, -0.15) is 10.5 Å². The number of benzene rings is 2. The SMILES string of the molecule is CC1(C)Oc2ccc(C#N)cc2[C@H](N=C(NC#N)Nc2ccccc2)[C@@H]1O. The lowest BCUT2D eigenvalue weighted by atomic mass is 9.86. The topological polar surface area (TPSA) is 113 Å². The number of rotatable bonds is 2. The molecule has 7 nitrogen and oxygen atoms in total. The number of aliphatic hydroxyl groups excluding tert-OH is 1. The van der Waals surface area contributed by atoms with Crippen LogP contribution >= 0.6 is 0 Å². The van der Waals surface area contributed by atoms with Gasteiger partial charge in [-0.1, -0.05) is 18.2 Å². The highest BCUT2D eigenvalue weighted by Gasteiger charge is 2.43. The Balaban J connectivity index is 2.05. The summed E-state index contributed by atoms with van der Waals surface area (Å²) in [6, 6.07) is 15.6. The smallest absolute Gasteiger partial charge is 0.209 e. The number of hydrogen-bond acceptors (Lipinski definition) is 5. The van der Waals surface area contributed by atoms with E-state index in [0.29, 0.717) is 16.9 Å². The van der Waals surface area contributed by atoms with Crippen molar-refractivity contribution >= 4 is 11.6 Å². The number of hydrogen-bond donors (Lipinski definition) is 3. The number of fused-ring (bicyclic) bond motifs is 1. The second-order valence-corrected chi connectivity index (χ2v) is 6.67. The first-order chi connectivity index (χ1) is 12.9. The minimum atomic E-state index is -0.980. The Morgan fingerprint density at radius 2 is 1.93 bits per heavy atom. The van der Waals surface area contributed by atoms with Crippen molar-refractivity contribution in [3.63, 3.8) is 0 Å². The second-order valence-electron chi connectivity index (χ2n) is 6.67. The molecule has 1 heterocycles. The summed E-state index contributed by atoms with van der Waals surface area (Å²) in [6.45, 7) is 3.53. The molecule has 2 atom stereocenters. The van der Waals surface area contributed by atoms with Gasteiger partial charge in [0.1, 0.15) is 23.5 Å². The van der Waals surface area contributed by atoms with Gasteiger partial charge >= 0.3 is 0 Å². The Hall–Kier alpha value is -3.55. The summed E-state index contributed by atoms with van der Waals surface area (Å²) in [6.07, 6.45) is 0.872. The monoisotopic (exact) mass is 361 g/mol. The molecule has 0 bridgehead atoms. The van der Waals surface area contributed by atoms with Gasteiger partial charge in [0.15, 0.2) is 6.19 Å². The van der Waals surface area contributed by atoms with Crippen LogP contribution in [0.1, 0.15) is 31.0 Å². The molecule has 0 aliphatic carbocycles.